The van der Waals surface area contributed by atoms with Gasteiger partial charge >= 0.3 is 13.3 Å². The highest BCUT2D eigenvalue weighted by atomic mass is 19.4. The first-order valence-corrected chi connectivity index (χ1v) is 14.4. The standard InChI is InChI=1S/C29H40BF3N6O6/c1-27(2)20-9-8-19(13-21(20)30(44)45-27)38-26(42)23(11-5-17-3-6-18(7-4-17)29(31,32)33)39-25(41)22(36)10-12-24(40)37-16-28(43,14-34)15-35/h3-4,6-9,13,22-23,43-44H,5,10-12,14-16,34-36H2,1-2H3,(H,37,40)(H,38,42)(H,39,41)/t22-,23+/m0/s1. The van der Waals surface area contributed by atoms with Gasteiger partial charge in [0.2, 0.25) is 17.7 Å². The Morgan fingerprint density at radius 1 is 1.02 bits per heavy atom. The second-order valence-corrected chi connectivity index (χ2v) is 11.6. The molecule has 0 unspecified atom stereocenters. The number of alkyl halides is 3. The molecule has 3 amide bonds. The van der Waals surface area contributed by atoms with E-state index < -0.39 is 59.9 Å². The molecule has 0 bridgehead atoms. The van der Waals surface area contributed by atoms with Gasteiger partial charge in [0.15, 0.2) is 0 Å². The number of benzene rings is 2. The molecule has 1 aliphatic rings. The van der Waals surface area contributed by atoms with Crippen LogP contribution in [0.15, 0.2) is 42.5 Å². The van der Waals surface area contributed by atoms with Crippen LogP contribution in [-0.2, 0) is 37.2 Å². The summed E-state index contributed by atoms with van der Waals surface area (Å²) in [6, 6.07) is 7.01. The van der Waals surface area contributed by atoms with E-state index in [1.54, 1.807) is 32.0 Å². The molecule has 2 aromatic rings. The van der Waals surface area contributed by atoms with Crippen LogP contribution in [0.3, 0.4) is 0 Å². The number of hydrogen-bond donors (Lipinski definition) is 8. The van der Waals surface area contributed by atoms with Crippen molar-refractivity contribution in [1.29, 1.82) is 0 Å². The summed E-state index contributed by atoms with van der Waals surface area (Å²) in [5.41, 5.74) is 16.0. The number of nitrogens with two attached hydrogens (primary N) is 3. The van der Waals surface area contributed by atoms with E-state index in [4.69, 9.17) is 21.9 Å². The average Bonchev–Trinajstić information content (AvgIpc) is 3.22. The summed E-state index contributed by atoms with van der Waals surface area (Å²) in [7, 11) is -1.20. The number of carbonyl (C=O) groups excluding carboxylic acids is 3. The van der Waals surface area contributed by atoms with Crippen LogP contribution in [0.25, 0.3) is 0 Å². The number of hydrogen-bond acceptors (Lipinski definition) is 9. The summed E-state index contributed by atoms with van der Waals surface area (Å²) in [5.74, 6) is -1.85. The summed E-state index contributed by atoms with van der Waals surface area (Å²) < 4.78 is 44.5. The molecule has 0 fully saturated rings. The zero-order valence-electron chi connectivity index (χ0n) is 25.1. The fraction of sp³-hybridized carbons (Fsp3) is 0.483. The number of halogens is 3. The van der Waals surface area contributed by atoms with Gasteiger partial charge < -0.3 is 47.9 Å². The van der Waals surface area contributed by atoms with Crippen molar-refractivity contribution in [2.45, 2.75) is 69.0 Å². The van der Waals surface area contributed by atoms with Gasteiger partial charge in [0.05, 0.1) is 17.2 Å². The monoisotopic (exact) mass is 636 g/mol. The van der Waals surface area contributed by atoms with Crippen LogP contribution in [0.5, 0.6) is 0 Å². The Balaban J connectivity index is 1.68. The van der Waals surface area contributed by atoms with E-state index in [-0.39, 0.29) is 45.3 Å². The Morgan fingerprint density at radius 3 is 2.27 bits per heavy atom. The van der Waals surface area contributed by atoms with Crippen molar-refractivity contribution in [1.82, 2.24) is 10.6 Å². The SMILES string of the molecule is CC1(C)OB(O)c2cc(NC(=O)[C@@H](CCc3ccc(C(F)(F)F)cc3)NC(=O)[C@@H](N)CCC(=O)NCC(O)(CN)CN)ccc21. The predicted octanol–water partition coefficient (Wildman–Crippen LogP) is -0.413. The molecule has 0 saturated heterocycles. The number of amides is 3. The van der Waals surface area contributed by atoms with Crippen LogP contribution in [0.2, 0.25) is 0 Å². The van der Waals surface area contributed by atoms with Gasteiger partial charge in [0.1, 0.15) is 11.6 Å². The zero-order valence-corrected chi connectivity index (χ0v) is 25.1. The van der Waals surface area contributed by atoms with Crippen LogP contribution in [0.4, 0.5) is 18.9 Å². The molecule has 1 aliphatic heterocycles. The number of anilines is 1. The Labute approximate surface area is 259 Å². The van der Waals surface area contributed by atoms with Crippen LogP contribution in [0, 0.1) is 0 Å². The third kappa shape index (κ3) is 9.72. The lowest BCUT2D eigenvalue weighted by atomic mass is 9.78. The Hall–Kier alpha value is -3.54. The van der Waals surface area contributed by atoms with E-state index in [1.807, 2.05) is 0 Å². The molecule has 0 aliphatic carbocycles. The van der Waals surface area contributed by atoms with Crippen molar-refractivity contribution in [3.63, 3.8) is 0 Å². The number of aryl methyl sites for hydroxylation is 1. The fourth-order valence-corrected chi connectivity index (χ4v) is 4.74. The van der Waals surface area contributed by atoms with Crippen molar-refractivity contribution in [3.8, 4) is 0 Å². The maximum atomic E-state index is 13.4. The summed E-state index contributed by atoms with van der Waals surface area (Å²) in [6.07, 6.45) is -4.60. The molecule has 16 heteroatoms. The quantitative estimate of drug-likeness (QED) is 0.126. The minimum absolute atomic E-state index is 0.0105. The van der Waals surface area contributed by atoms with Crippen LogP contribution in [-0.4, -0.2) is 72.3 Å². The van der Waals surface area contributed by atoms with Gasteiger partial charge in [-0.2, -0.15) is 13.2 Å². The second-order valence-electron chi connectivity index (χ2n) is 11.6. The van der Waals surface area contributed by atoms with E-state index in [1.165, 1.54) is 12.1 Å². The molecular formula is C29H40BF3N6O6. The predicted molar refractivity (Wildman–Crippen MR) is 162 cm³/mol. The van der Waals surface area contributed by atoms with E-state index in [0.717, 1.165) is 17.7 Å². The summed E-state index contributed by atoms with van der Waals surface area (Å²) in [6.45, 7) is 3.06. The minimum atomic E-state index is -4.50. The van der Waals surface area contributed by atoms with Crippen LogP contribution in [0.1, 0.15) is 49.8 Å². The van der Waals surface area contributed by atoms with Gasteiger partial charge in [0, 0.05) is 31.7 Å². The number of fused-ring (bicyclic) bond motifs is 1. The van der Waals surface area contributed by atoms with Crippen LogP contribution < -0.4 is 38.6 Å². The Morgan fingerprint density at radius 2 is 1.67 bits per heavy atom. The molecule has 1 heterocycles. The third-order valence-corrected chi connectivity index (χ3v) is 7.67. The normalized spacial score (nSPS) is 15.6. The van der Waals surface area contributed by atoms with Crippen molar-refractivity contribution in [2.24, 2.45) is 17.2 Å². The molecule has 0 spiro atoms. The lowest BCUT2D eigenvalue weighted by Gasteiger charge is -2.25. The van der Waals surface area contributed by atoms with Crippen molar-refractivity contribution in [2.75, 3.05) is 25.0 Å². The van der Waals surface area contributed by atoms with Gasteiger partial charge in [-0.25, -0.2) is 0 Å². The Kier molecular flexibility index (Phi) is 11.7. The highest BCUT2D eigenvalue weighted by Crippen LogP contribution is 2.31. The number of nitrogens with one attached hydrogen (secondary N) is 3. The molecule has 11 N–H and O–H groups in total. The highest BCUT2D eigenvalue weighted by molar-refractivity contribution is 6.62. The maximum Gasteiger partial charge on any atom is 0.492 e. The van der Waals surface area contributed by atoms with Gasteiger partial charge in [-0.15, -0.1) is 0 Å². The lowest BCUT2D eigenvalue weighted by Crippen LogP contribution is -2.53. The van der Waals surface area contributed by atoms with E-state index >= 15 is 0 Å². The molecule has 12 nitrogen and oxygen atoms in total. The van der Waals surface area contributed by atoms with Gasteiger partial charge in [-0.1, -0.05) is 18.2 Å². The van der Waals surface area contributed by atoms with Gasteiger partial charge in [-0.3, -0.25) is 14.4 Å². The van der Waals surface area contributed by atoms with Gasteiger partial charge in [0.25, 0.3) is 0 Å². The van der Waals surface area contributed by atoms with Crippen LogP contribution >= 0.6 is 0 Å². The molecular weight excluding hydrogens is 596 g/mol. The molecule has 246 valence electrons. The smallest absolute Gasteiger partial charge is 0.423 e. The largest absolute Gasteiger partial charge is 0.492 e. The molecule has 45 heavy (non-hydrogen) atoms. The summed E-state index contributed by atoms with van der Waals surface area (Å²) in [4.78, 5) is 38.6. The fourth-order valence-electron chi connectivity index (χ4n) is 4.74. The third-order valence-electron chi connectivity index (χ3n) is 7.67. The second kappa shape index (κ2) is 14.7. The van der Waals surface area contributed by atoms with Crippen molar-refractivity contribution >= 4 is 36.0 Å². The first-order valence-electron chi connectivity index (χ1n) is 14.4. The topological polar surface area (TPSA) is 215 Å². The van der Waals surface area contributed by atoms with Crippen molar-refractivity contribution < 1.29 is 42.3 Å². The van der Waals surface area contributed by atoms with E-state index in [2.05, 4.69) is 16.0 Å². The minimum Gasteiger partial charge on any atom is -0.423 e. The molecule has 0 aromatic heterocycles. The summed E-state index contributed by atoms with van der Waals surface area (Å²) in [5, 5.41) is 28.2. The molecule has 0 radical (unpaired) electrons. The number of rotatable bonds is 14. The average molecular weight is 636 g/mol. The zero-order chi connectivity index (χ0) is 33.6. The lowest BCUT2D eigenvalue weighted by molar-refractivity contribution is -0.137. The van der Waals surface area contributed by atoms with Crippen molar-refractivity contribution in [3.05, 3.63) is 59.2 Å². The van der Waals surface area contributed by atoms with E-state index in [0.29, 0.717) is 16.7 Å². The highest BCUT2D eigenvalue weighted by Gasteiger charge is 2.40. The van der Waals surface area contributed by atoms with E-state index in [9.17, 15) is 37.7 Å². The Bertz CT molecular complexity index is 1360. The number of aliphatic hydroxyl groups is 1. The molecule has 3 rings (SSSR count). The first-order chi connectivity index (χ1) is 21.0. The molecule has 2 aromatic carbocycles. The first kappa shape index (κ1) is 35.9. The molecule has 0 saturated carbocycles. The summed E-state index contributed by atoms with van der Waals surface area (Å²) >= 11 is 0. The molecule has 2 atom stereocenters. The number of carbonyl (C=O) groups is 3. The maximum absolute atomic E-state index is 13.4. The van der Waals surface area contributed by atoms with Gasteiger partial charge in [-0.05, 0) is 74.0 Å².